The molecule has 264 valence electrons. The molecule has 0 heterocycles. The minimum absolute atomic E-state index is 0.0910. The molecule has 4 rings (SSSR count). The van der Waals surface area contributed by atoms with Crippen LogP contribution in [-0.4, -0.2) is 52.3 Å². The molecule has 46 heavy (non-hydrogen) atoms. The number of hydrogen-bond acceptors (Lipinski definition) is 9. The van der Waals surface area contributed by atoms with Crippen LogP contribution in [0, 0.1) is 46.3 Å². The van der Waals surface area contributed by atoms with Crippen LogP contribution in [0.5, 0.6) is 0 Å². The summed E-state index contributed by atoms with van der Waals surface area (Å²) >= 11 is 0. The second-order valence-electron chi connectivity index (χ2n) is 15.0. The van der Waals surface area contributed by atoms with Crippen molar-refractivity contribution in [2.45, 2.75) is 111 Å². The molecular formula is C36H61NO9. The number of allylic oxidation sites excluding steroid dienone is 1. The standard InChI is InChI=1S/C36H61NO9/c1-26(2)9-7-10-27(3)31-13-14-32-30-12-11-28-25-29(15-17-35(28,4)33(30)16-18-36(31,32)5)43-34(38)37-19-8-20-41-44-46-45-42-24-23-40-22-21-39-6/h8,11,20,26-27,29-33H,7,9-10,12-19,21-25H2,1-6H3,(H,37,38)/b20-8-/t27?,29?,30?,31?,32?,33?,35-,36+/m0/s1. The highest BCUT2D eigenvalue weighted by Crippen LogP contribution is 2.67. The van der Waals surface area contributed by atoms with E-state index in [9.17, 15) is 4.79 Å². The van der Waals surface area contributed by atoms with E-state index in [1.165, 1.54) is 63.2 Å². The molecule has 4 aliphatic rings. The Morgan fingerprint density at radius 1 is 0.978 bits per heavy atom. The molecule has 10 heteroatoms. The Labute approximate surface area is 276 Å². The first-order chi connectivity index (χ1) is 22.2. The lowest BCUT2D eigenvalue weighted by atomic mass is 9.47. The summed E-state index contributed by atoms with van der Waals surface area (Å²) in [5, 5.41) is 15.6. The van der Waals surface area contributed by atoms with Gasteiger partial charge >= 0.3 is 6.09 Å². The maximum atomic E-state index is 12.5. The second kappa shape index (κ2) is 18.2. The highest BCUT2D eigenvalue weighted by atomic mass is 17.8. The van der Waals surface area contributed by atoms with Gasteiger partial charge in [-0.25, -0.2) is 9.68 Å². The minimum atomic E-state index is -0.429. The predicted molar refractivity (Wildman–Crippen MR) is 173 cm³/mol. The summed E-state index contributed by atoms with van der Waals surface area (Å²) in [4.78, 5) is 21.8. The fourth-order valence-corrected chi connectivity index (χ4v) is 9.62. The SMILES string of the molecule is COCCOCCOOOOO/C=C\CNC(=O)OC1CC[C@@]2(C)C(=CCC3C4CCC(C(C)CCCC(C)C)[C@@]4(C)CCC32)C1. The molecule has 0 aromatic rings. The second-order valence-corrected chi connectivity index (χ2v) is 15.0. The van der Waals surface area contributed by atoms with Gasteiger partial charge < -0.3 is 24.4 Å². The van der Waals surface area contributed by atoms with Crippen LogP contribution in [0.25, 0.3) is 0 Å². The van der Waals surface area contributed by atoms with Crippen LogP contribution < -0.4 is 5.32 Å². The summed E-state index contributed by atoms with van der Waals surface area (Å²) in [6, 6.07) is 0. The number of nitrogens with one attached hydrogen (secondary N) is 1. The number of fused-ring (bicyclic) bond motifs is 5. The van der Waals surface area contributed by atoms with Gasteiger partial charge in [0.1, 0.15) is 19.0 Å². The molecule has 1 N–H and O–H groups in total. The number of alkyl carbamates (subject to hydrolysis) is 1. The lowest BCUT2D eigenvalue weighted by molar-refractivity contribution is -0.700. The molecule has 3 saturated carbocycles. The van der Waals surface area contributed by atoms with Crippen LogP contribution in [0.1, 0.15) is 105 Å². The quantitative estimate of drug-likeness (QED) is 0.0489. The van der Waals surface area contributed by atoms with Crippen LogP contribution >= 0.6 is 0 Å². The van der Waals surface area contributed by atoms with Crippen LogP contribution in [0.4, 0.5) is 4.79 Å². The highest BCUT2D eigenvalue weighted by molar-refractivity contribution is 5.67. The van der Waals surface area contributed by atoms with E-state index in [1.807, 2.05) is 0 Å². The number of rotatable bonds is 19. The van der Waals surface area contributed by atoms with E-state index < -0.39 is 6.09 Å². The summed E-state index contributed by atoms with van der Waals surface area (Å²) in [7, 11) is 1.60. The first-order valence-corrected chi connectivity index (χ1v) is 17.8. The number of carbonyl (C=O) groups is 1. The van der Waals surface area contributed by atoms with Gasteiger partial charge in [0.25, 0.3) is 0 Å². The molecule has 8 atom stereocenters. The van der Waals surface area contributed by atoms with Crippen molar-refractivity contribution in [3.63, 3.8) is 0 Å². The Kier molecular flexibility index (Phi) is 14.7. The number of methoxy groups -OCH3 is 1. The molecule has 0 spiro atoms. The molecule has 0 aromatic carbocycles. The minimum Gasteiger partial charge on any atom is -0.446 e. The van der Waals surface area contributed by atoms with Crippen molar-refractivity contribution in [2.24, 2.45) is 46.3 Å². The van der Waals surface area contributed by atoms with E-state index in [1.54, 1.807) is 13.2 Å². The van der Waals surface area contributed by atoms with Crippen molar-refractivity contribution in [1.29, 1.82) is 0 Å². The van der Waals surface area contributed by atoms with Gasteiger partial charge in [0.15, 0.2) is 0 Å². The molecule has 1 amide bonds. The molecule has 0 aromatic heterocycles. The van der Waals surface area contributed by atoms with Gasteiger partial charge in [-0.1, -0.05) is 65.5 Å². The Morgan fingerprint density at radius 2 is 1.80 bits per heavy atom. The molecule has 0 radical (unpaired) electrons. The summed E-state index contributed by atoms with van der Waals surface area (Å²) in [5.74, 6) is 4.93. The van der Waals surface area contributed by atoms with Crippen LogP contribution in [0.15, 0.2) is 24.0 Å². The Morgan fingerprint density at radius 3 is 2.61 bits per heavy atom. The fourth-order valence-electron chi connectivity index (χ4n) is 9.62. The van der Waals surface area contributed by atoms with Gasteiger partial charge in [-0.3, -0.25) is 0 Å². The maximum absolute atomic E-state index is 12.5. The fraction of sp³-hybridized carbons (Fsp3) is 0.861. The van der Waals surface area contributed by atoms with E-state index in [-0.39, 0.29) is 24.7 Å². The zero-order valence-corrected chi connectivity index (χ0v) is 29.3. The van der Waals surface area contributed by atoms with Crippen molar-refractivity contribution in [3.05, 3.63) is 24.0 Å². The molecular weight excluding hydrogens is 590 g/mol. The van der Waals surface area contributed by atoms with Crippen LogP contribution in [0.3, 0.4) is 0 Å². The van der Waals surface area contributed by atoms with Gasteiger partial charge in [0, 0.05) is 30.2 Å². The average molecular weight is 652 g/mol. The van der Waals surface area contributed by atoms with E-state index in [0.29, 0.717) is 25.2 Å². The van der Waals surface area contributed by atoms with Crippen LogP contribution in [-0.2, 0) is 39.1 Å². The predicted octanol–water partition coefficient (Wildman–Crippen LogP) is 8.04. The molecule has 10 nitrogen and oxygen atoms in total. The number of hydrogen-bond donors (Lipinski definition) is 1. The molecule has 6 unspecified atom stereocenters. The Balaban J connectivity index is 1.15. The normalized spacial score (nSPS) is 32.8. The topological polar surface area (TPSA) is 103 Å². The molecule has 4 aliphatic carbocycles. The monoisotopic (exact) mass is 651 g/mol. The third-order valence-corrected chi connectivity index (χ3v) is 11.9. The van der Waals surface area contributed by atoms with Crippen molar-refractivity contribution in [3.8, 4) is 0 Å². The van der Waals surface area contributed by atoms with E-state index in [4.69, 9.17) is 14.2 Å². The third kappa shape index (κ3) is 9.69. The summed E-state index contributed by atoms with van der Waals surface area (Å²) < 4.78 is 15.9. The maximum Gasteiger partial charge on any atom is 0.407 e. The summed E-state index contributed by atoms with van der Waals surface area (Å²) in [5.41, 5.74) is 2.25. The van der Waals surface area contributed by atoms with Crippen molar-refractivity contribution in [1.82, 2.24) is 5.32 Å². The van der Waals surface area contributed by atoms with Crippen LogP contribution in [0.2, 0.25) is 0 Å². The van der Waals surface area contributed by atoms with Gasteiger partial charge in [-0.2, -0.15) is 0 Å². The molecule has 0 bridgehead atoms. The van der Waals surface area contributed by atoms with E-state index in [2.05, 4.69) is 70.9 Å². The number of ether oxygens (including phenoxy) is 3. The Bertz CT molecular complexity index is 989. The number of amides is 1. The molecule has 0 saturated heterocycles. The van der Waals surface area contributed by atoms with Crippen molar-refractivity contribution < 1.29 is 43.9 Å². The van der Waals surface area contributed by atoms with Gasteiger partial charge in [0.05, 0.1) is 19.8 Å². The third-order valence-electron chi connectivity index (χ3n) is 11.9. The lowest BCUT2D eigenvalue weighted by Gasteiger charge is -2.58. The lowest BCUT2D eigenvalue weighted by Crippen LogP contribution is -2.51. The molecule has 3 fully saturated rings. The zero-order valence-electron chi connectivity index (χ0n) is 29.3. The summed E-state index contributed by atoms with van der Waals surface area (Å²) in [6.07, 6.45) is 18.5. The van der Waals surface area contributed by atoms with E-state index >= 15 is 0 Å². The molecule has 0 aliphatic heterocycles. The van der Waals surface area contributed by atoms with Gasteiger partial charge in [-0.05, 0) is 102 Å². The average Bonchev–Trinajstić information content (AvgIpc) is 3.38. The first-order valence-electron chi connectivity index (χ1n) is 17.8. The first kappa shape index (κ1) is 37.1. The van der Waals surface area contributed by atoms with Crippen molar-refractivity contribution in [2.75, 3.05) is 40.1 Å². The highest BCUT2D eigenvalue weighted by Gasteiger charge is 2.59. The van der Waals surface area contributed by atoms with Gasteiger partial charge in [0.2, 0.25) is 0 Å². The zero-order chi connectivity index (χ0) is 33.0. The number of carbonyl (C=O) groups excluding carboxylic acids is 1. The largest absolute Gasteiger partial charge is 0.446 e. The summed E-state index contributed by atoms with van der Waals surface area (Å²) in [6.45, 7) is 14.1. The van der Waals surface area contributed by atoms with Gasteiger partial charge in [-0.15, -0.1) is 0 Å². The Hall–Kier alpha value is -1.69. The van der Waals surface area contributed by atoms with Crippen molar-refractivity contribution >= 4 is 6.09 Å². The van der Waals surface area contributed by atoms with E-state index in [0.717, 1.165) is 54.8 Å². The smallest absolute Gasteiger partial charge is 0.407 e.